The van der Waals surface area contributed by atoms with Crippen LogP contribution in [0.3, 0.4) is 0 Å². The lowest BCUT2D eigenvalue weighted by Crippen LogP contribution is -2.12. The van der Waals surface area contributed by atoms with Gasteiger partial charge in [-0.3, -0.25) is 10.1 Å². The number of para-hydroxylation sites is 1. The van der Waals surface area contributed by atoms with Crippen LogP contribution >= 0.6 is 0 Å². The van der Waals surface area contributed by atoms with Crippen molar-refractivity contribution in [2.24, 2.45) is 0 Å². The van der Waals surface area contributed by atoms with Crippen LogP contribution in [0.1, 0.15) is 26.3 Å². The Balaban J connectivity index is 1.95. The molecule has 29 heavy (non-hydrogen) atoms. The van der Waals surface area contributed by atoms with Crippen molar-refractivity contribution in [3.05, 3.63) is 76.3 Å². The van der Waals surface area contributed by atoms with Gasteiger partial charge in [0.05, 0.1) is 17.7 Å². The zero-order valence-corrected chi connectivity index (χ0v) is 16.9. The maximum absolute atomic E-state index is 11.3. The lowest BCUT2D eigenvalue weighted by atomic mass is 9.86. The summed E-state index contributed by atoms with van der Waals surface area (Å²) in [5, 5.41) is 11.3. The monoisotopic (exact) mass is 392 g/mol. The molecule has 0 atom stereocenters. The van der Waals surface area contributed by atoms with Crippen LogP contribution in [0.15, 0.2) is 60.7 Å². The molecule has 3 rings (SSSR count). The summed E-state index contributed by atoms with van der Waals surface area (Å²) in [6.07, 6.45) is 0. The van der Waals surface area contributed by atoms with Gasteiger partial charge in [-0.1, -0.05) is 51.1 Å². The number of benzene rings is 3. The van der Waals surface area contributed by atoms with Crippen LogP contribution in [0.4, 0.5) is 11.4 Å². The van der Waals surface area contributed by atoms with E-state index in [1.807, 2.05) is 30.3 Å². The summed E-state index contributed by atoms with van der Waals surface area (Å²) in [6, 6.07) is 18.0. The molecule has 0 radical (unpaired) electrons. The van der Waals surface area contributed by atoms with Gasteiger partial charge in [-0.05, 0) is 40.8 Å². The summed E-state index contributed by atoms with van der Waals surface area (Å²) in [5.74, 6) is 1.50. The highest BCUT2D eigenvalue weighted by atomic mass is 16.6. The van der Waals surface area contributed by atoms with E-state index in [0.717, 1.165) is 16.9 Å². The first-order valence-electron chi connectivity index (χ1n) is 9.20. The molecule has 0 bridgehead atoms. The number of nitro benzene ring substituents is 1. The molecule has 0 spiro atoms. The number of nitrogens with two attached hydrogens (primary N) is 1. The number of methoxy groups -OCH3 is 1. The van der Waals surface area contributed by atoms with E-state index in [0.29, 0.717) is 17.0 Å². The number of rotatable bonds is 5. The number of ether oxygens (including phenoxy) is 2. The zero-order valence-electron chi connectivity index (χ0n) is 16.9. The number of hydrogen-bond acceptors (Lipinski definition) is 5. The van der Waals surface area contributed by atoms with Gasteiger partial charge in [-0.25, -0.2) is 0 Å². The molecule has 0 unspecified atom stereocenters. The molecule has 0 fully saturated rings. The molecule has 0 aliphatic carbocycles. The number of anilines is 1. The van der Waals surface area contributed by atoms with Crippen LogP contribution in [0.25, 0.3) is 11.1 Å². The fourth-order valence-electron chi connectivity index (χ4n) is 3.13. The van der Waals surface area contributed by atoms with Crippen molar-refractivity contribution < 1.29 is 14.4 Å². The molecule has 6 nitrogen and oxygen atoms in total. The molecule has 0 aliphatic rings. The van der Waals surface area contributed by atoms with Crippen molar-refractivity contribution in [2.75, 3.05) is 12.8 Å². The Kier molecular flexibility index (Phi) is 5.46. The van der Waals surface area contributed by atoms with Gasteiger partial charge in [0.2, 0.25) is 0 Å². The minimum absolute atomic E-state index is 0.0761. The summed E-state index contributed by atoms with van der Waals surface area (Å²) < 4.78 is 11.2. The maximum Gasteiger partial charge on any atom is 0.311 e. The Morgan fingerprint density at radius 2 is 1.52 bits per heavy atom. The van der Waals surface area contributed by atoms with Crippen LogP contribution < -0.4 is 15.2 Å². The Hall–Kier alpha value is -3.54. The Bertz CT molecular complexity index is 1050. The van der Waals surface area contributed by atoms with Crippen molar-refractivity contribution >= 4 is 11.4 Å². The molecule has 3 aromatic rings. The highest BCUT2D eigenvalue weighted by Crippen LogP contribution is 2.38. The van der Waals surface area contributed by atoms with Crippen molar-refractivity contribution in [3.8, 4) is 28.4 Å². The predicted octanol–water partition coefficient (Wildman–Crippen LogP) is 5.94. The summed E-state index contributed by atoms with van der Waals surface area (Å²) >= 11 is 0. The molecule has 3 aromatic carbocycles. The third kappa shape index (κ3) is 4.32. The van der Waals surface area contributed by atoms with Crippen LogP contribution in [-0.4, -0.2) is 12.0 Å². The van der Waals surface area contributed by atoms with Gasteiger partial charge in [0.1, 0.15) is 11.5 Å². The van der Waals surface area contributed by atoms with Gasteiger partial charge in [0.15, 0.2) is 5.75 Å². The van der Waals surface area contributed by atoms with Crippen molar-refractivity contribution in [1.29, 1.82) is 0 Å². The lowest BCUT2D eigenvalue weighted by Gasteiger charge is -2.23. The molecule has 0 saturated heterocycles. The first-order chi connectivity index (χ1) is 13.7. The molecule has 0 aromatic heterocycles. The van der Waals surface area contributed by atoms with Crippen LogP contribution in [0.5, 0.6) is 17.2 Å². The Labute approximate surface area is 170 Å². The second kappa shape index (κ2) is 7.83. The Morgan fingerprint density at radius 1 is 0.897 bits per heavy atom. The highest BCUT2D eigenvalue weighted by Gasteiger charge is 2.20. The van der Waals surface area contributed by atoms with E-state index in [1.54, 1.807) is 24.3 Å². The third-order valence-corrected chi connectivity index (χ3v) is 4.63. The van der Waals surface area contributed by atoms with Gasteiger partial charge in [-0.2, -0.15) is 0 Å². The number of nitro groups is 1. The standard InChI is InChI=1S/C23H24N2O4/c1-23(2,3)17-7-5-6-8-20(17)29-21-11-9-15(13-18(21)24)16-10-12-22(28-4)19(14-16)25(26)27/h5-14H,24H2,1-4H3. The fraction of sp³-hybridized carbons (Fsp3) is 0.217. The molecule has 0 amide bonds. The average Bonchev–Trinajstić information content (AvgIpc) is 2.68. The lowest BCUT2D eigenvalue weighted by molar-refractivity contribution is -0.385. The fourth-order valence-corrected chi connectivity index (χ4v) is 3.13. The van der Waals surface area contributed by atoms with E-state index >= 15 is 0 Å². The van der Waals surface area contributed by atoms with Crippen molar-refractivity contribution in [1.82, 2.24) is 0 Å². The number of hydrogen-bond donors (Lipinski definition) is 1. The second-order valence-corrected chi connectivity index (χ2v) is 7.74. The van der Waals surface area contributed by atoms with E-state index in [4.69, 9.17) is 15.2 Å². The first kappa shape index (κ1) is 20.2. The van der Waals surface area contributed by atoms with E-state index in [-0.39, 0.29) is 16.9 Å². The molecule has 2 N–H and O–H groups in total. The zero-order chi connectivity index (χ0) is 21.2. The first-order valence-corrected chi connectivity index (χ1v) is 9.20. The molecule has 0 aliphatic heterocycles. The molecule has 0 heterocycles. The van der Waals surface area contributed by atoms with Gasteiger partial charge >= 0.3 is 5.69 Å². The summed E-state index contributed by atoms with van der Waals surface area (Å²) in [5.41, 5.74) is 9.02. The topological polar surface area (TPSA) is 87.6 Å². The summed E-state index contributed by atoms with van der Waals surface area (Å²) in [7, 11) is 1.40. The van der Waals surface area contributed by atoms with Crippen LogP contribution in [0.2, 0.25) is 0 Å². The van der Waals surface area contributed by atoms with Gasteiger partial charge in [0.25, 0.3) is 0 Å². The Morgan fingerprint density at radius 3 is 2.10 bits per heavy atom. The van der Waals surface area contributed by atoms with E-state index < -0.39 is 4.92 Å². The molecular weight excluding hydrogens is 368 g/mol. The van der Waals surface area contributed by atoms with Gasteiger partial charge in [0, 0.05) is 11.6 Å². The minimum atomic E-state index is -0.466. The normalized spacial score (nSPS) is 11.2. The summed E-state index contributed by atoms with van der Waals surface area (Å²) in [6.45, 7) is 6.37. The van der Waals surface area contributed by atoms with Gasteiger partial charge in [-0.15, -0.1) is 0 Å². The predicted molar refractivity (Wildman–Crippen MR) is 115 cm³/mol. The molecule has 0 saturated carbocycles. The molecule has 150 valence electrons. The highest BCUT2D eigenvalue weighted by molar-refractivity contribution is 5.74. The largest absolute Gasteiger partial charge is 0.490 e. The molecular formula is C23H24N2O4. The average molecular weight is 392 g/mol. The maximum atomic E-state index is 11.3. The van der Waals surface area contributed by atoms with E-state index in [9.17, 15) is 10.1 Å². The van der Waals surface area contributed by atoms with E-state index in [2.05, 4.69) is 20.8 Å². The van der Waals surface area contributed by atoms with Crippen LogP contribution in [0, 0.1) is 10.1 Å². The van der Waals surface area contributed by atoms with Crippen LogP contribution in [-0.2, 0) is 5.41 Å². The smallest absolute Gasteiger partial charge is 0.311 e. The SMILES string of the molecule is COc1ccc(-c2ccc(Oc3ccccc3C(C)(C)C)c(N)c2)cc1[N+](=O)[O-]. The number of nitrogen functional groups attached to an aromatic ring is 1. The molecule has 6 heteroatoms. The third-order valence-electron chi connectivity index (χ3n) is 4.63. The second-order valence-electron chi connectivity index (χ2n) is 7.74. The summed E-state index contributed by atoms with van der Waals surface area (Å²) in [4.78, 5) is 10.8. The van der Waals surface area contributed by atoms with Crippen molar-refractivity contribution in [3.63, 3.8) is 0 Å². The van der Waals surface area contributed by atoms with Gasteiger partial charge < -0.3 is 15.2 Å². The quantitative estimate of drug-likeness (QED) is 0.330. The van der Waals surface area contributed by atoms with Crippen molar-refractivity contribution in [2.45, 2.75) is 26.2 Å². The van der Waals surface area contributed by atoms with E-state index in [1.165, 1.54) is 13.2 Å². The number of nitrogens with zero attached hydrogens (tertiary/aromatic N) is 1. The minimum Gasteiger partial charge on any atom is -0.490 e.